The molecular weight excluding hydrogens is 296 g/mol. The van der Waals surface area contributed by atoms with E-state index in [0.717, 1.165) is 43.9 Å². The second-order valence-electron chi connectivity index (χ2n) is 6.93. The van der Waals surface area contributed by atoms with Crippen LogP contribution in [0.3, 0.4) is 0 Å². The van der Waals surface area contributed by atoms with Crippen LogP contribution in [0.15, 0.2) is 54.6 Å². The molecule has 0 aromatic heterocycles. The van der Waals surface area contributed by atoms with Gasteiger partial charge >= 0.3 is 0 Å². The van der Waals surface area contributed by atoms with E-state index in [9.17, 15) is 0 Å². The minimum Gasteiger partial charge on any atom is -0.495 e. The maximum absolute atomic E-state index is 5.51. The summed E-state index contributed by atoms with van der Waals surface area (Å²) in [6.07, 6.45) is 2.64. The Hall–Kier alpha value is -2.00. The highest BCUT2D eigenvalue weighted by Crippen LogP contribution is 2.40. The summed E-state index contributed by atoms with van der Waals surface area (Å²) < 4.78 is 5.51. The van der Waals surface area contributed by atoms with E-state index in [1.54, 1.807) is 7.11 Å². The summed E-state index contributed by atoms with van der Waals surface area (Å²) in [6, 6.07) is 20.1. The third-order valence-corrected chi connectivity index (χ3v) is 5.64. The van der Waals surface area contributed by atoms with Gasteiger partial charge in [0.05, 0.1) is 12.8 Å². The molecule has 3 nitrogen and oxygen atoms in total. The second-order valence-corrected chi connectivity index (χ2v) is 6.93. The van der Waals surface area contributed by atoms with Gasteiger partial charge in [-0.15, -0.1) is 0 Å². The Morgan fingerprint density at radius 2 is 1.50 bits per heavy atom. The molecule has 0 unspecified atom stereocenters. The van der Waals surface area contributed by atoms with Crippen LogP contribution < -0.4 is 9.64 Å². The first-order valence-electron chi connectivity index (χ1n) is 9.02. The zero-order valence-corrected chi connectivity index (χ0v) is 14.4. The highest BCUT2D eigenvalue weighted by atomic mass is 16.5. The number of anilines is 1. The molecule has 0 bridgehead atoms. The quantitative estimate of drug-likeness (QED) is 0.852. The van der Waals surface area contributed by atoms with E-state index in [4.69, 9.17) is 4.74 Å². The van der Waals surface area contributed by atoms with Crippen molar-refractivity contribution in [3.63, 3.8) is 0 Å². The second kappa shape index (κ2) is 6.86. The minimum atomic E-state index is 0.767. The maximum atomic E-state index is 5.51. The molecular formula is C21H26N2O. The van der Waals surface area contributed by atoms with Crippen molar-refractivity contribution in [2.45, 2.75) is 24.8 Å². The van der Waals surface area contributed by atoms with Gasteiger partial charge in [-0.2, -0.15) is 0 Å². The van der Waals surface area contributed by atoms with Crippen LogP contribution in [0.1, 0.15) is 24.3 Å². The van der Waals surface area contributed by atoms with Crippen molar-refractivity contribution in [3.05, 3.63) is 60.2 Å². The van der Waals surface area contributed by atoms with Gasteiger partial charge in [0.25, 0.3) is 0 Å². The van der Waals surface area contributed by atoms with Gasteiger partial charge in [0.2, 0.25) is 0 Å². The van der Waals surface area contributed by atoms with E-state index in [0.29, 0.717) is 0 Å². The fourth-order valence-electron chi connectivity index (χ4n) is 4.10. The molecule has 1 heterocycles. The molecule has 1 saturated carbocycles. The Morgan fingerprint density at radius 1 is 0.833 bits per heavy atom. The zero-order valence-electron chi connectivity index (χ0n) is 14.4. The lowest BCUT2D eigenvalue weighted by Crippen LogP contribution is -2.53. The van der Waals surface area contributed by atoms with Crippen molar-refractivity contribution >= 4 is 5.69 Å². The molecule has 24 heavy (non-hydrogen) atoms. The van der Waals surface area contributed by atoms with E-state index >= 15 is 0 Å². The molecule has 1 aliphatic carbocycles. The van der Waals surface area contributed by atoms with Crippen molar-refractivity contribution in [1.29, 1.82) is 0 Å². The van der Waals surface area contributed by atoms with Gasteiger partial charge in [0.1, 0.15) is 5.75 Å². The fraction of sp³-hybridized carbons (Fsp3) is 0.429. The number of methoxy groups -OCH3 is 1. The first kappa shape index (κ1) is 15.5. The van der Waals surface area contributed by atoms with Gasteiger partial charge in [-0.3, -0.25) is 4.90 Å². The molecule has 0 radical (unpaired) electrons. The van der Waals surface area contributed by atoms with Crippen LogP contribution in [0, 0.1) is 0 Å². The number of para-hydroxylation sites is 2. The summed E-state index contributed by atoms with van der Waals surface area (Å²) in [4.78, 5) is 5.15. The van der Waals surface area contributed by atoms with E-state index in [1.165, 1.54) is 24.1 Å². The molecule has 1 aliphatic heterocycles. The van der Waals surface area contributed by atoms with Gasteiger partial charge in [0.15, 0.2) is 0 Å². The Labute approximate surface area is 144 Å². The highest BCUT2D eigenvalue weighted by Gasteiger charge is 2.35. The average molecular weight is 322 g/mol. The summed E-state index contributed by atoms with van der Waals surface area (Å²) in [5.74, 6) is 1.75. The van der Waals surface area contributed by atoms with Crippen LogP contribution in [0.25, 0.3) is 0 Å². The molecule has 0 N–H and O–H groups in total. The molecule has 0 amide bonds. The standard InChI is InChI=1S/C21H26N2O/c1-24-21-10-6-5-9-20(21)23-13-11-22(12-14-23)19-15-18(16-19)17-7-3-2-4-8-17/h2-10,18-19H,11-16H2,1H3/t18-,19+. The highest BCUT2D eigenvalue weighted by molar-refractivity contribution is 5.58. The fourth-order valence-corrected chi connectivity index (χ4v) is 4.10. The molecule has 2 aromatic carbocycles. The normalized spacial score (nSPS) is 24.5. The topological polar surface area (TPSA) is 15.7 Å². The molecule has 4 rings (SSSR count). The summed E-state index contributed by atoms with van der Waals surface area (Å²) in [7, 11) is 1.76. The van der Waals surface area contributed by atoms with Crippen LogP contribution in [-0.4, -0.2) is 44.2 Å². The molecule has 1 saturated heterocycles. The molecule has 0 atom stereocenters. The molecule has 126 valence electrons. The summed E-state index contributed by atoms with van der Waals surface area (Å²) in [5, 5.41) is 0. The number of benzene rings is 2. The number of hydrogen-bond donors (Lipinski definition) is 0. The lowest BCUT2D eigenvalue weighted by Gasteiger charge is -2.47. The van der Waals surface area contributed by atoms with Gasteiger partial charge in [0, 0.05) is 32.2 Å². The first-order chi connectivity index (χ1) is 11.8. The van der Waals surface area contributed by atoms with Crippen molar-refractivity contribution in [1.82, 2.24) is 4.90 Å². The lowest BCUT2D eigenvalue weighted by molar-refractivity contribution is 0.102. The third kappa shape index (κ3) is 3.01. The smallest absolute Gasteiger partial charge is 0.142 e. The van der Waals surface area contributed by atoms with Crippen molar-refractivity contribution in [2.24, 2.45) is 0 Å². The SMILES string of the molecule is COc1ccccc1N1CCN([C@H]2C[C@@H](c3ccccc3)C2)CC1. The Balaban J connectivity index is 1.31. The van der Waals surface area contributed by atoms with Gasteiger partial charge in [-0.05, 0) is 36.5 Å². The Morgan fingerprint density at radius 3 is 2.21 bits per heavy atom. The van der Waals surface area contributed by atoms with Crippen molar-refractivity contribution < 1.29 is 4.74 Å². The largest absolute Gasteiger partial charge is 0.495 e. The molecule has 2 aromatic rings. The van der Waals surface area contributed by atoms with Crippen LogP contribution in [-0.2, 0) is 0 Å². The number of piperazine rings is 1. The van der Waals surface area contributed by atoms with Gasteiger partial charge in [-0.25, -0.2) is 0 Å². The monoisotopic (exact) mass is 322 g/mol. The third-order valence-electron chi connectivity index (χ3n) is 5.64. The lowest BCUT2D eigenvalue weighted by atomic mass is 9.75. The van der Waals surface area contributed by atoms with Crippen molar-refractivity contribution in [3.8, 4) is 5.75 Å². The van der Waals surface area contributed by atoms with Crippen LogP contribution >= 0.6 is 0 Å². The van der Waals surface area contributed by atoms with E-state index in [-0.39, 0.29) is 0 Å². The maximum Gasteiger partial charge on any atom is 0.142 e. The van der Waals surface area contributed by atoms with E-state index in [1.807, 2.05) is 6.07 Å². The summed E-state index contributed by atoms with van der Waals surface area (Å²) in [6.45, 7) is 4.49. The summed E-state index contributed by atoms with van der Waals surface area (Å²) >= 11 is 0. The first-order valence-corrected chi connectivity index (χ1v) is 9.02. The number of nitrogens with zero attached hydrogens (tertiary/aromatic N) is 2. The predicted octanol–water partition coefficient (Wildman–Crippen LogP) is 3.76. The van der Waals surface area contributed by atoms with E-state index in [2.05, 4.69) is 58.3 Å². The minimum absolute atomic E-state index is 0.767. The van der Waals surface area contributed by atoms with Crippen molar-refractivity contribution in [2.75, 3.05) is 38.2 Å². The van der Waals surface area contributed by atoms with Crippen LogP contribution in [0.2, 0.25) is 0 Å². The van der Waals surface area contributed by atoms with Crippen LogP contribution in [0.4, 0.5) is 5.69 Å². The molecule has 3 heteroatoms. The number of hydrogen-bond acceptors (Lipinski definition) is 3. The van der Waals surface area contributed by atoms with Gasteiger partial charge in [-0.1, -0.05) is 42.5 Å². The molecule has 2 fully saturated rings. The number of rotatable bonds is 4. The summed E-state index contributed by atoms with van der Waals surface area (Å²) in [5.41, 5.74) is 2.75. The predicted molar refractivity (Wildman–Crippen MR) is 99.0 cm³/mol. The Kier molecular flexibility index (Phi) is 4.44. The Bertz CT molecular complexity index is 659. The van der Waals surface area contributed by atoms with Crippen LogP contribution in [0.5, 0.6) is 5.75 Å². The van der Waals surface area contributed by atoms with E-state index < -0.39 is 0 Å². The van der Waals surface area contributed by atoms with Gasteiger partial charge < -0.3 is 9.64 Å². The number of ether oxygens (including phenoxy) is 1. The zero-order chi connectivity index (χ0) is 16.4. The molecule has 2 aliphatic rings. The average Bonchev–Trinajstić information content (AvgIpc) is 2.62. The molecule has 0 spiro atoms.